The van der Waals surface area contributed by atoms with Crippen molar-refractivity contribution in [2.24, 2.45) is 12.2 Å². The van der Waals surface area contributed by atoms with E-state index < -0.39 is 22.1 Å². The molecule has 2 heterocycles. The van der Waals surface area contributed by atoms with Crippen molar-refractivity contribution in [2.45, 2.75) is 11.3 Å². The first-order valence-corrected chi connectivity index (χ1v) is 10.3. The Morgan fingerprint density at radius 1 is 1.24 bits per heavy atom. The SMILES string of the molecule is Cn1cnc2ccc3sc(Nc4cc(S(N)(=O)=O)ccc4OC(F)(F)F)nc3c21. The number of hydrogen-bond acceptors (Lipinski definition) is 7. The lowest BCUT2D eigenvalue weighted by Gasteiger charge is -2.14. The number of aromatic nitrogens is 3. The van der Waals surface area contributed by atoms with Gasteiger partial charge in [-0.15, -0.1) is 13.2 Å². The van der Waals surface area contributed by atoms with E-state index in [9.17, 15) is 21.6 Å². The molecule has 0 radical (unpaired) electrons. The van der Waals surface area contributed by atoms with Gasteiger partial charge in [0.2, 0.25) is 10.0 Å². The number of anilines is 2. The van der Waals surface area contributed by atoms with Crippen LogP contribution in [0.5, 0.6) is 5.75 Å². The number of sulfonamides is 1. The van der Waals surface area contributed by atoms with E-state index in [4.69, 9.17) is 5.14 Å². The summed E-state index contributed by atoms with van der Waals surface area (Å²) in [4.78, 5) is 8.29. The Kier molecular flexibility index (Phi) is 4.40. The number of nitrogens with one attached hydrogen (secondary N) is 1. The molecule has 0 spiro atoms. The number of rotatable bonds is 4. The number of thiazole rings is 1. The van der Waals surface area contributed by atoms with E-state index in [-0.39, 0.29) is 15.7 Å². The van der Waals surface area contributed by atoms with Crippen molar-refractivity contribution in [3.63, 3.8) is 0 Å². The van der Waals surface area contributed by atoms with E-state index in [2.05, 4.69) is 20.0 Å². The average Bonchev–Trinajstić information content (AvgIpc) is 3.17. The first-order valence-electron chi connectivity index (χ1n) is 7.91. The average molecular weight is 443 g/mol. The van der Waals surface area contributed by atoms with Crippen LogP contribution in [0.3, 0.4) is 0 Å². The van der Waals surface area contributed by atoms with Gasteiger partial charge in [0.1, 0.15) is 5.52 Å². The van der Waals surface area contributed by atoms with Gasteiger partial charge in [-0.05, 0) is 30.3 Å². The maximum Gasteiger partial charge on any atom is 0.573 e. The Hall–Kier alpha value is -2.90. The predicted octanol–water partition coefficient (Wildman–Crippen LogP) is 3.47. The zero-order valence-corrected chi connectivity index (χ0v) is 16.2. The van der Waals surface area contributed by atoms with E-state index in [0.29, 0.717) is 11.0 Å². The summed E-state index contributed by atoms with van der Waals surface area (Å²) in [6.45, 7) is 0. The van der Waals surface area contributed by atoms with Crippen LogP contribution in [-0.2, 0) is 17.1 Å². The van der Waals surface area contributed by atoms with Crippen LogP contribution in [0, 0.1) is 0 Å². The van der Waals surface area contributed by atoms with Crippen molar-refractivity contribution in [2.75, 3.05) is 5.32 Å². The topological polar surface area (TPSA) is 112 Å². The fraction of sp³-hybridized carbons (Fsp3) is 0.125. The minimum atomic E-state index is -4.96. The Morgan fingerprint density at radius 2 is 2.00 bits per heavy atom. The number of aryl methyl sites for hydroxylation is 1. The smallest absolute Gasteiger partial charge is 0.404 e. The lowest BCUT2D eigenvalue weighted by Crippen LogP contribution is -2.18. The number of hydrogen-bond donors (Lipinski definition) is 2. The molecule has 0 amide bonds. The van der Waals surface area contributed by atoms with Gasteiger partial charge in [-0.3, -0.25) is 0 Å². The molecule has 0 aliphatic heterocycles. The minimum Gasteiger partial charge on any atom is -0.404 e. The van der Waals surface area contributed by atoms with Gasteiger partial charge in [0.15, 0.2) is 10.9 Å². The van der Waals surface area contributed by atoms with E-state index in [1.807, 2.05) is 0 Å². The number of primary sulfonamides is 1. The van der Waals surface area contributed by atoms with Crippen molar-refractivity contribution in [3.05, 3.63) is 36.7 Å². The minimum absolute atomic E-state index is 0.242. The molecule has 0 saturated heterocycles. The summed E-state index contributed by atoms with van der Waals surface area (Å²) in [6, 6.07) is 6.37. The molecule has 8 nitrogen and oxygen atoms in total. The van der Waals surface area contributed by atoms with Crippen LogP contribution >= 0.6 is 11.3 Å². The highest BCUT2D eigenvalue weighted by Gasteiger charge is 2.32. The number of imidazole rings is 1. The number of alkyl halides is 3. The second kappa shape index (κ2) is 6.57. The molecular weight excluding hydrogens is 431 g/mol. The van der Waals surface area contributed by atoms with Crippen molar-refractivity contribution >= 4 is 53.4 Å². The van der Waals surface area contributed by atoms with E-state index >= 15 is 0 Å². The molecule has 0 unspecified atom stereocenters. The van der Waals surface area contributed by atoms with E-state index in [1.54, 1.807) is 30.1 Å². The maximum absolute atomic E-state index is 12.7. The normalized spacial score (nSPS) is 12.6. The number of nitrogens with two attached hydrogens (primary N) is 1. The standard InChI is InChI=1S/C16H12F3N5O3S2/c1-24-7-21-9-3-5-12-13(14(9)24)23-15(28-12)22-10-6-8(29(20,25)26)2-4-11(10)27-16(17,18)19/h2-7H,1H3,(H,22,23)(H2,20,25,26). The molecule has 2 aromatic carbocycles. The molecular formula is C16H12F3N5O3S2. The van der Waals surface area contributed by atoms with Gasteiger partial charge in [-0.25, -0.2) is 23.5 Å². The first-order chi connectivity index (χ1) is 13.5. The van der Waals surface area contributed by atoms with Gasteiger partial charge in [-0.1, -0.05) is 11.3 Å². The van der Waals surface area contributed by atoms with E-state index in [0.717, 1.165) is 28.4 Å². The van der Waals surface area contributed by atoms with Crippen molar-refractivity contribution in [1.29, 1.82) is 0 Å². The number of ether oxygens (including phenoxy) is 1. The van der Waals surface area contributed by atoms with Crippen LogP contribution in [0.4, 0.5) is 24.0 Å². The van der Waals surface area contributed by atoms with Crippen LogP contribution in [0.25, 0.3) is 21.3 Å². The van der Waals surface area contributed by atoms with Gasteiger partial charge in [0, 0.05) is 7.05 Å². The third-order valence-corrected chi connectivity index (χ3v) is 5.83. The molecule has 4 rings (SSSR count). The second-order valence-corrected chi connectivity index (χ2v) is 8.62. The Bertz CT molecular complexity index is 1350. The highest BCUT2D eigenvalue weighted by atomic mass is 32.2. The van der Waals surface area contributed by atoms with E-state index in [1.165, 1.54) is 11.3 Å². The van der Waals surface area contributed by atoms with Crippen LogP contribution in [0.2, 0.25) is 0 Å². The molecule has 2 aromatic heterocycles. The Balaban J connectivity index is 1.81. The molecule has 0 fully saturated rings. The van der Waals surface area contributed by atoms with Gasteiger partial charge in [-0.2, -0.15) is 0 Å². The number of fused-ring (bicyclic) bond motifs is 3. The molecule has 0 atom stereocenters. The third-order valence-electron chi connectivity index (χ3n) is 3.98. The van der Waals surface area contributed by atoms with Crippen LogP contribution in [-0.4, -0.2) is 29.3 Å². The molecule has 152 valence electrons. The van der Waals surface area contributed by atoms with Gasteiger partial charge >= 0.3 is 6.36 Å². The first kappa shape index (κ1) is 19.4. The van der Waals surface area contributed by atoms with Crippen molar-refractivity contribution in [3.8, 4) is 5.75 Å². The monoisotopic (exact) mass is 443 g/mol. The zero-order valence-electron chi connectivity index (χ0n) is 14.6. The summed E-state index contributed by atoms with van der Waals surface area (Å²) in [5.74, 6) is -0.616. The fourth-order valence-corrected chi connectivity index (χ4v) is 4.22. The molecule has 0 saturated carbocycles. The van der Waals surface area contributed by atoms with Crippen molar-refractivity contribution < 1.29 is 26.3 Å². The van der Waals surface area contributed by atoms with Crippen LogP contribution < -0.4 is 15.2 Å². The van der Waals surface area contributed by atoms with Gasteiger partial charge < -0.3 is 14.6 Å². The molecule has 0 aliphatic rings. The predicted molar refractivity (Wildman–Crippen MR) is 102 cm³/mol. The van der Waals surface area contributed by atoms with Crippen molar-refractivity contribution in [1.82, 2.24) is 14.5 Å². The Morgan fingerprint density at radius 3 is 2.69 bits per heavy atom. The summed E-state index contributed by atoms with van der Waals surface area (Å²) < 4.78 is 67.9. The zero-order chi connectivity index (χ0) is 21.0. The Labute approximate surface area is 165 Å². The number of nitrogens with zero attached hydrogens (tertiary/aromatic N) is 3. The highest BCUT2D eigenvalue weighted by molar-refractivity contribution is 7.89. The lowest BCUT2D eigenvalue weighted by atomic mass is 10.3. The fourth-order valence-electron chi connectivity index (χ4n) is 2.79. The summed E-state index contributed by atoms with van der Waals surface area (Å²) in [7, 11) is -2.34. The molecule has 3 N–H and O–H groups in total. The molecule has 29 heavy (non-hydrogen) atoms. The number of halogens is 3. The summed E-state index contributed by atoms with van der Waals surface area (Å²) in [6.07, 6.45) is -3.34. The largest absolute Gasteiger partial charge is 0.573 e. The lowest BCUT2D eigenvalue weighted by molar-refractivity contribution is -0.274. The summed E-state index contributed by atoms with van der Waals surface area (Å²) >= 11 is 1.18. The summed E-state index contributed by atoms with van der Waals surface area (Å²) in [5, 5.41) is 8.03. The van der Waals surface area contributed by atoms with Gasteiger partial charge in [0.25, 0.3) is 0 Å². The quantitative estimate of drug-likeness (QED) is 0.500. The van der Waals surface area contributed by atoms with Crippen LogP contribution in [0.1, 0.15) is 0 Å². The maximum atomic E-state index is 12.7. The number of benzene rings is 2. The molecule has 0 bridgehead atoms. The molecule has 4 aromatic rings. The van der Waals surface area contributed by atoms with Gasteiger partial charge in [0.05, 0.1) is 32.6 Å². The molecule has 0 aliphatic carbocycles. The third kappa shape index (κ3) is 3.83. The molecule has 13 heteroatoms. The highest BCUT2D eigenvalue weighted by Crippen LogP contribution is 2.37. The van der Waals surface area contributed by atoms with Crippen LogP contribution in [0.15, 0.2) is 41.6 Å². The second-order valence-electron chi connectivity index (χ2n) is 6.03. The summed E-state index contributed by atoms with van der Waals surface area (Å²) in [5.41, 5.74) is 1.84.